The molecule has 4 saturated heterocycles. The fourth-order valence-corrected chi connectivity index (χ4v) is 8.58. The Hall–Kier alpha value is -2.16. The summed E-state index contributed by atoms with van der Waals surface area (Å²) in [4.78, 5) is 13.6. The van der Waals surface area contributed by atoms with Gasteiger partial charge < -0.3 is 52.8 Å². The quantitative estimate of drug-likeness (QED) is 0.133. The van der Waals surface area contributed by atoms with Gasteiger partial charge in [-0.3, -0.25) is 14.5 Å². The number of benzene rings is 1. The molecule has 4 aliphatic heterocycles. The highest BCUT2D eigenvalue weighted by Crippen LogP contribution is 2.28. The third kappa shape index (κ3) is 49.0. The summed E-state index contributed by atoms with van der Waals surface area (Å²) in [5.74, 6) is 0.447. The standard InChI is InChI=1S/C14H29NO2.C12H18O.C11H23NO2.C11H23NO.C10H21NO2.C8H15N3O/c1-13(2,3)17-11-10-15-8-6-12(7-9-15)14(4,5)16;1-10-5-7-11(8-6-10)9-13-12(2,3)4;1-11(2,3)14-8-4-5-12-6-9-13-10-7-12;1-11(2,3)13-10-9-12-7-5-4-6-8-12;1-10(2,3)13-9-6-11-4-7-12-8-5-11;1-8(2,3)12-5-4-11-7-9-6-10-11/h12,16H,6-11H2,1-5H3;5-8H,9H2,1-4H3;4-10H2,1-3H3;4-10H2,1-3H3;4-9H2,1-3H3;6-7H,4-5H2,1-3H3. The normalized spacial score (nSPS) is 17.8. The fraction of sp³-hybridized carbons (Fsp3) is 0.879. The van der Waals surface area contributed by atoms with E-state index < -0.39 is 5.60 Å². The summed E-state index contributed by atoms with van der Waals surface area (Å²) in [7, 11) is 0. The summed E-state index contributed by atoms with van der Waals surface area (Å²) in [6.07, 6.45) is 10.7. The first-order chi connectivity index (χ1) is 38.0. The monoisotopic (exact) mass is 1160 g/mol. The fourth-order valence-electron chi connectivity index (χ4n) is 8.58. The molecule has 16 heteroatoms. The van der Waals surface area contributed by atoms with E-state index in [1.807, 2.05) is 34.6 Å². The van der Waals surface area contributed by atoms with Crippen molar-refractivity contribution in [3.63, 3.8) is 0 Å². The first kappa shape index (κ1) is 77.9. The van der Waals surface area contributed by atoms with Gasteiger partial charge in [-0.25, -0.2) is 4.98 Å². The molecule has 0 unspecified atom stereocenters. The third-order valence-corrected chi connectivity index (χ3v) is 13.3. The zero-order chi connectivity index (χ0) is 61.9. The minimum Gasteiger partial charge on any atom is -0.390 e. The van der Waals surface area contributed by atoms with Gasteiger partial charge in [-0.05, 0) is 215 Å². The van der Waals surface area contributed by atoms with E-state index in [1.54, 1.807) is 11.0 Å². The predicted molar refractivity (Wildman–Crippen MR) is 339 cm³/mol. The Labute approximate surface area is 503 Å². The number of piperidine rings is 2. The number of ether oxygens (including phenoxy) is 8. The van der Waals surface area contributed by atoms with Crippen LogP contribution in [0, 0.1) is 12.8 Å². The van der Waals surface area contributed by atoms with E-state index in [4.69, 9.17) is 37.9 Å². The summed E-state index contributed by atoms with van der Waals surface area (Å²) >= 11 is 0. The van der Waals surface area contributed by atoms with Gasteiger partial charge in [-0.2, -0.15) is 5.10 Å². The Morgan fingerprint density at radius 3 is 1.20 bits per heavy atom. The van der Waals surface area contributed by atoms with E-state index in [9.17, 15) is 5.11 Å². The summed E-state index contributed by atoms with van der Waals surface area (Å²) in [6, 6.07) is 8.45. The van der Waals surface area contributed by atoms with Gasteiger partial charge >= 0.3 is 0 Å². The Balaban J connectivity index is 0.000000494. The van der Waals surface area contributed by atoms with Crippen molar-refractivity contribution in [3.8, 4) is 0 Å². The van der Waals surface area contributed by atoms with Crippen LogP contribution in [-0.4, -0.2) is 217 Å². The molecule has 16 nitrogen and oxygen atoms in total. The number of likely N-dealkylation sites (tertiary alicyclic amines) is 2. The number of rotatable bonds is 19. The molecule has 0 atom stereocenters. The maximum absolute atomic E-state index is 9.97. The highest BCUT2D eigenvalue weighted by Gasteiger charge is 2.30. The van der Waals surface area contributed by atoms with E-state index in [0.29, 0.717) is 19.1 Å². The molecule has 6 rings (SSSR count). The Kier molecular flexibility index (Phi) is 38.3. The largest absolute Gasteiger partial charge is 0.390 e. The molecule has 0 radical (unpaired) electrons. The van der Waals surface area contributed by atoms with E-state index in [1.165, 1.54) is 49.8 Å². The van der Waals surface area contributed by atoms with Crippen LogP contribution in [-0.2, 0) is 51.0 Å². The van der Waals surface area contributed by atoms with Crippen LogP contribution in [0.2, 0.25) is 0 Å². The Bertz CT molecular complexity index is 1740. The molecule has 482 valence electrons. The second-order valence-corrected chi connectivity index (χ2v) is 28.8. The first-order valence-electron chi connectivity index (χ1n) is 31.5. The highest BCUT2D eigenvalue weighted by molar-refractivity contribution is 5.20. The van der Waals surface area contributed by atoms with E-state index in [0.717, 1.165) is 144 Å². The maximum Gasteiger partial charge on any atom is 0.137 e. The lowest BCUT2D eigenvalue weighted by atomic mass is 9.83. The summed E-state index contributed by atoms with van der Waals surface area (Å²) in [6.45, 7) is 65.7. The van der Waals surface area contributed by atoms with Crippen LogP contribution >= 0.6 is 0 Å². The van der Waals surface area contributed by atoms with Crippen LogP contribution in [0.1, 0.15) is 188 Å². The maximum atomic E-state index is 9.97. The molecule has 0 saturated carbocycles. The first-order valence-corrected chi connectivity index (χ1v) is 31.5. The van der Waals surface area contributed by atoms with E-state index >= 15 is 0 Å². The number of morpholine rings is 2. The molecule has 0 aliphatic carbocycles. The van der Waals surface area contributed by atoms with Crippen molar-refractivity contribution in [2.45, 2.75) is 236 Å². The van der Waals surface area contributed by atoms with Crippen molar-refractivity contribution in [1.82, 2.24) is 34.4 Å². The zero-order valence-corrected chi connectivity index (χ0v) is 56.9. The number of hydrogen-bond acceptors (Lipinski definition) is 15. The summed E-state index contributed by atoms with van der Waals surface area (Å²) in [5, 5.41) is 13.9. The average molecular weight is 1160 g/mol. The van der Waals surface area contributed by atoms with Gasteiger partial charge in [0.05, 0.1) is 105 Å². The molecule has 1 aromatic heterocycles. The van der Waals surface area contributed by atoms with Crippen molar-refractivity contribution in [3.05, 3.63) is 48.0 Å². The van der Waals surface area contributed by atoms with Crippen LogP contribution in [0.25, 0.3) is 0 Å². The average Bonchev–Trinajstić information content (AvgIpc) is 3.89. The van der Waals surface area contributed by atoms with Gasteiger partial charge in [0.15, 0.2) is 0 Å². The predicted octanol–water partition coefficient (Wildman–Crippen LogP) is 11.6. The number of aliphatic hydroxyl groups is 1. The number of hydrogen-bond donors (Lipinski definition) is 1. The lowest BCUT2D eigenvalue weighted by Gasteiger charge is -2.38. The van der Waals surface area contributed by atoms with Crippen molar-refractivity contribution < 1.29 is 43.0 Å². The Morgan fingerprint density at radius 2 is 0.817 bits per heavy atom. The van der Waals surface area contributed by atoms with Crippen LogP contribution in [0.4, 0.5) is 0 Å². The van der Waals surface area contributed by atoms with Crippen molar-refractivity contribution >= 4 is 0 Å². The molecule has 4 fully saturated rings. The second kappa shape index (κ2) is 40.3. The number of nitrogens with zero attached hydrogens (tertiary/aromatic N) is 7. The molecule has 5 heterocycles. The van der Waals surface area contributed by atoms with Crippen molar-refractivity contribution in [2.24, 2.45) is 5.92 Å². The van der Waals surface area contributed by atoms with Gasteiger partial charge in [-0.1, -0.05) is 36.2 Å². The lowest BCUT2D eigenvalue weighted by Crippen LogP contribution is -2.43. The molecule has 1 N–H and O–H groups in total. The van der Waals surface area contributed by atoms with Crippen molar-refractivity contribution in [2.75, 3.05) is 138 Å². The third-order valence-electron chi connectivity index (χ3n) is 13.3. The molecule has 4 aliphatic rings. The zero-order valence-electron chi connectivity index (χ0n) is 56.9. The van der Waals surface area contributed by atoms with E-state index in [-0.39, 0.29) is 33.6 Å². The summed E-state index contributed by atoms with van der Waals surface area (Å²) < 4.78 is 46.2. The molecular weight excluding hydrogens is 1030 g/mol. The molecule has 0 bridgehead atoms. The van der Waals surface area contributed by atoms with Crippen LogP contribution in [0.15, 0.2) is 36.9 Å². The minimum absolute atomic E-state index is 0.00497. The van der Waals surface area contributed by atoms with Gasteiger partial charge in [0.2, 0.25) is 0 Å². The van der Waals surface area contributed by atoms with Gasteiger partial charge in [0, 0.05) is 59.0 Å². The topological polar surface area (TPSA) is 138 Å². The molecular formula is C66H129N7O9. The molecule has 0 amide bonds. The van der Waals surface area contributed by atoms with Crippen LogP contribution in [0.3, 0.4) is 0 Å². The summed E-state index contributed by atoms with van der Waals surface area (Å²) in [5.41, 5.74) is 1.87. The lowest BCUT2D eigenvalue weighted by molar-refractivity contribution is -0.0331. The van der Waals surface area contributed by atoms with Crippen molar-refractivity contribution in [1.29, 1.82) is 0 Å². The SMILES string of the molecule is CC(C)(C)OCCCN1CCOCC1.CC(C)(C)OCCN1CCC(C(C)(C)O)CC1.CC(C)(C)OCCN1CCCCC1.CC(C)(C)OCCN1CCOCC1.CC(C)(C)OCCn1cncn1.Cc1ccc(COC(C)(C)C)cc1. The number of aryl methyl sites for hydroxylation is 1. The highest BCUT2D eigenvalue weighted by atomic mass is 16.5. The molecule has 2 aromatic rings. The van der Waals surface area contributed by atoms with Crippen LogP contribution < -0.4 is 0 Å². The molecule has 1 aromatic carbocycles. The number of aromatic nitrogens is 3. The molecule has 0 spiro atoms. The minimum atomic E-state index is -0.520. The van der Waals surface area contributed by atoms with Gasteiger partial charge in [0.25, 0.3) is 0 Å². The molecule has 82 heavy (non-hydrogen) atoms. The second-order valence-electron chi connectivity index (χ2n) is 28.8. The smallest absolute Gasteiger partial charge is 0.137 e. The van der Waals surface area contributed by atoms with Gasteiger partial charge in [-0.15, -0.1) is 0 Å². The van der Waals surface area contributed by atoms with E-state index in [2.05, 4.69) is 165 Å². The van der Waals surface area contributed by atoms with Crippen LogP contribution in [0.5, 0.6) is 0 Å². The Morgan fingerprint density at radius 1 is 0.451 bits per heavy atom. The van der Waals surface area contributed by atoms with Gasteiger partial charge in [0.1, 0.15) is 12.7 Å².